The van der Waals surface area contributed by atoms with Crippen LogP contribution in [-0.2, 0) is 9.47 Å². The Kier molecular flexibility index (Phi) is 4.69. The minimum atomic E-state index is -1.36. The standard InChI is InChI=1S/C10H16N4O7/c1-20-6-2-3-13(14(18)19)10(11-6)12-9-8(17)7(16)5(4-15)21-9/h2-3,5,7-10,12,15-17H,4H2,1H3/t5-,7-,8-,9-,10?/m1/s1. The molecule has 0 aliphatic carbocycles. The highest BCUT2D eigenvalue weighted by Crippen LogP contribution is 2.21. The molecule has 2 aliphatic heterocycles. The highest BCUT2D eigenvalue weighted by molar-refractivity contribution is 5.88. The van der Waals surface area contributed by atoms with Crippen LogP contribution in [0.3, 0.4) is 0 Å². The van der Waals surface area contributed by atoms with Crippen LogP contribution in [0.4, 0.5) is 0 Å². The summed E-state index contributed by atoms with van der Waals surface area (Å²) in [5.74, 6) is 0.150. The zero-order valence-corrected chi connectivity index (χ0v) is 11.1. The molecule has 0 aromatic heterocycles. The van der Waals surface area contributed by atoms with Gasteiger partial charge in [-0.25, -0.2) is 20.4 Å². The molecular formula is C10H16N4O7. The first-order valence-electron chi connectivity index (χ1n) is 6.09. The first kappa shape index (κ1) is 15.6. The molecule has 2 aliphatic rings. The van der Waals surface area contributed by atoms with Crippen LogP contribution in [0.2, 0.25) is 0 Å². The molecule has 1 fully saturated rings. The van der Waals surface area contributed by atoms with Gasteiger partial charge in [-0.3, -0.25) is 0 Å². The lowest BCUT2D eigenvalue weighted by molar-refractivity contribution is -0.650. The lowest BCUT2D eigenvalue weighted by atomic mass is 10.1. The molecule has 0 saturated carbocycles. The summed E-state index contributed by atoms with van der Waals surface area (Å²) in [7, 11) is 1.36. The summed E-state index contributed by atoms with van der Waals surface area (Å²) in [5.41, 5.74) is 0. The minimum absolute atomic E-state index is 0.150. The predicted octanol–water partition coefficient (Wildman–Crippen LogP) is -2.64. The Labute approximate surface area is 119 Å². The summed E-state index contributed by atoms with van der Waals surface area (Å²) in [5, 5.41) is 41.9. The average molecular weight is 304 g/mol. The van der Waals surface area contributed by atoms with Crippen molar-refractivity contribution in [2.24, 2.45) is 4.99 Å². The van der Waals surface area contributed by atoms with E-state index in [4.69, 9.17) is 14.6 Å². The topological polar surface area (TPSA) is 150 Å². The summed E-state index contributed by atoms with van der Waals surface area (Å²) in [4.78, 5) is 14.9. The lowest BCUT2D eigenvalue weighted by Gasteiger charge is -2.26. The Balaban J connectivity index is 2.11. The van der Waals surface area contributed by atoms with Gasteiger partial charge in [-0.1, -0.05) is 5.01 Å². The van der Waals surface area contributed by atoms with Gasteiger partial charge in [0.05, 0.1) is 19.9 Å². The van der Waals surface area contributed by atoms with Crippen molar-refractivity contribution >= 4 is 5.90 Å². The SMILES string of the molecule is COC1=NC(N[C@@H]2O[C@H](CO)[C@@H](O)[C@H]2O)N([N+](=O)[O-])C=C1. The number of methoxy groups -OCH3 is 1. The maximum absolute atomic E-state index is 10.9. The van der Waals surface area contributed by atoms with Crippen molar-refractivity contribution in [3.63, 3.8) is 0 Å². The number of nitro groups is 1. The van der Waals surface area contributed by atoms with Crippen LogP contribution >= 0.6 is 0 Å². The van der Waals surface area contributed by atoms with Crippen LogP contribution in [0, 0.1) is 10.1 Å². The minimum Gasteiger partial charge on any atom is -0.481 e. The maximum atomic E-state index is 10.9. The van der Waals surface area contributed by atoms with E-state index in [-0.39, 0.29) is 5.90 Å². The second-order valence-corrected chi connectivity index (χ2v) is 4.40. The molecular weight excluding hydrogens is 288 g/mol. The zero-order chi connectivity index (χ0) is 15.6. The summed E-state index contributed by atoms with van der Waals surface area (Å²) >= 11 is 0. The Bertz CT molecular complexity index is 457. The Morgan fingerprint density at radius 3 is 2.81 bits per heavy atom. The maximum Gasteiger partial charge on any atom is 0.242 e. The number of nitrogens with zero attached hydrogens (tertiary/aromatic N) is 3. The summed E-state index contributed by atoms with van der Waals surface area (Å²) in [6.07, 6.45) is -3.51. The van der Waals surface area contributed by atoms with Crippen LogP contribution in [-0.4, -0.2) is 75.8 Å². The van der Waals surface area contributed by atoms with E-state index in [1.807, 2.05) is 0 Å². The number of rotatable bonds is 4. The fraction of sp³-hybridized carbons (Fsp3) is 0.700. The second-order valence-electron chi connectivity index (χ2n) is 4.40. The molecule has 11 heteroatoms. The van der Waals surface area contributed by atoms with Crippen LogP contribution in [0.1, 0.15) is 0 Å². The van der Waals surface area contributed by atoms with Gasteiger partial charge in [0.1, 0.15) is 24.5 Å². The van der Waals surface area contributed by atoms with E-state index in [0.29, 0.717) is 5.01 Å². The zero-order valence-electron chi connectivity index (χ0n) is 11.1. The molecule has 2 rings (SSSR count). The normalized spacial score (nSPS) is 35.7. The van der Waals surface area contributed by atoms with E-state index >= 15 is 0 Å². The van der Waals surface area contributed by atoms with Crippen LogP contribution in [0.5, 0.6) is 0 Å². The van der Waals surface area contributed by atoms with Gasteiger partial charge in [-0.05, 0) is 0 Å². The van der Waals surface area contributed by atoms with Gasteiger partial charge in [0.2, 0.25) is 12.2 Å². The molecule has 0 bridgehead atoms. The molecule has 0 aromatic carbocycles. The monoisotopic (exact) mass is 304 g/mol. The first-order valence-corrected chi connectivity index (χ1v) is 6.09. The molecule has 2 heterocycles. The molecule has 1 saturated heterocycles. The molecule has 118 valence electrons. The molecule has 0 spiro atoms. The van der Waals surface area contributed by atoms with Gasteiger partial charge in [0, 0.05) is 6.08 Å². The number of ether oxygens (including phenoxy) is 2. The third-order valence-corrected chi connectivity index (χ3v) is 3.12. The van der Waals surface area contributed by atoms with Crippen LogP contribution in [0.25, 0.3) is 0 Å². The van der Waals surface area contributed by atoms with Crippen molar-refractivity contribution in [1.82, 2.24) is 10.3 Å². The van der Waals surface area contributed by atoms with Gasteiger partial charge < -0.3 is 24.8 Å². The molecule has 4 N–H and O–H groups in total. The largest absolute Gasteiger partial charge is 0.481 e. The quantitative estimate of drug-likeness (QED) is 0.323. The van der Waals surface area contributed by atoms with E-state index in [1.165, 1.54) is 13.2 Å². The van der Waals surface area contributed by atoms with Crippen molar-refractivity contribution in [3.8, 4) is 0 Å². The van der Waals surface area contributed by atoms with Crippen LogP contribution in [0.15, 0.2) is 17.3 Å². The van der Waals surface area contributed by atoms with E-state index in [1.54, 1.807) is 0 Å². The van der Waals surface area contributed by atoms with Gasteiger partial charge >= 0.3 is 0 Å². The van der Waals surface area contributed by atoms with Crippen molar-refractivity contribution in [2.45, 2.75) is 30.8 Å². The fourth-order valence-electron chi connectivity index (χ4n) is 2.01. The molecule has 0 amide bonds. The Hall–Kier alpha value is -1.79. The number of hydrazine groups is 1. The number of aliphatic hydroxyl groups excluding tert-OH is 3. The van der Waals surface area contributed by atoms with E-state index < -0.39 is 42.5 Å². The van der Waals surface area contributed by atoms with Gasteiger partial charge in [0.15, 0.2) is 5.03 Å². The van der Waals surface area contributed by atoms with E-state index in [9.17, 15) is 20.3 Å². The number of hydrogen-bond acceptors (Lipinski definition) is 9. The average Bonchev–Trinajstić information content (AvgIpc) is 2.74. The molecule has 1 unspecified atom stereocenters. The van der Waals surface area contributed by atoms with Crippen molar-refractivity contribution in [1.29, 1.82) is 0 Å². The van der Waals surface area contributed by atoms with Crippen molar-refractivity contribution in [3.05, 3.63) is 22.4 Å². The molecule has 0 aromatic rings. The van der Waals surface area contributed by atoms with Crippen molar-refractivity contribution < 1.29 is 29.8 Å². The first-order chi connectivity index (χ1) is 9.97. The third-order valence-electron chi connectivity index (χ3n) is 3.12. The van der Waals surface area contributed by atoms with Gasteiger partial charge in [-0.15, -0.1) is 0 Å². The number of aliphatic hydroxyl groups is 3. The highest BCUT2D eigenvalue weighted by Gasteiger charge is 2.44. The number of hydrogen-bond donors (Lipinski definition) is 4. The lowest BCUT2D eigenvalue weighted by Crippen LogP contribution is -2.53. The highest BCUT2D eigenvalue weighted by atomic mass is 16.7. The number of nitrogens with one attached hydrogen (secondary N) is 1. The number of aliphatic imine (C=N–C) groups is 1. The van der Waals surface area contributed by atoms with Crippen molar-refractivity contribution in [2.75, 3.05) is 13.7 Å². The summed E-state index contributed by atoms with van der Waals surface area (Å²) in [6, 6.07) is 0. The Morgan fingerprint density at radius 1 is 1.57 bits per heavy atom. The van der Waals surface area contributed by atoms with Gasteiger partial charge in [0.25, 0.3) is 0 Å². The summed E-state index contributed by atoms with van der Waals surface area (Å²) in [6.45, 7) is -0.494. The van der Waals surface area contributed by atoms with Gasteiger partial charge in [-0.2, -0.15) is 0 Å². The van der Waals surface area contributed by atoms with E-state index in [0.717, 1.165) is 6.20 Å². The molecule has 0 radical (unpaired) electrons. The smallest absolute Gasteiger partial charge is 0.242 e. The summed E-state index contributed by atoms with van der Waals surface area (Å²) < 4.78 is 10.1. The Morgan fingerprint density at radius 2 is 2.29 bits per heavy atom. The van der Waals surface area contributed by atoms with Crippen LogP contribution < -0.4 is 5.32 Å². The molecule has 21 heavy (non-hydrogen) atoms. The molecule has 11 nitrogen and oxygen atoms in total. The molecule has 5 atom stereocenters. The third kappa shape index (κ3) is 3.11. The fourth-order valence-corrected chi connectivity index (χ4v) is 2.01. The second kappa shape index (κ2) is 6.32. The van der Waals surface area contributed by atoms with E-state index in [2.05, 4.69) is 10.3 Å². The predicted molar refractivity (Wildman–Crippen MR) is 67.1 cm³/mol.